The summed E-state index contributed by atoms with van der Waals surface area (Å²) in [6.45, 7) is 3.73. The molecule has 0 bridgehead atoms. The van der Waals surface area contributed by atoms with Crippen LogP contribution in [0.1, 0.15) is 50.2 Å². The monoisotopic (exact) mass is 424 g/mol. The molecular weight excluding hydrogens is 396 g/mol. The van der Waals surface area contributed by atoms with E-state index in [1.165, 1.54) is 0 Å². The Morgan fingerprint density at radius 3 is 2.03 bits per heavy atom. The van der Waals surface area contributed by atoms with Crippen molar-refractivity contribution < 1.29 is 24.2 Å². The average molecular weight is 424 g/mol. The van der Waals surface area contributed by atoms with E-state index in [1.54, 1.807) is 13.8 Å². The van der Waals surface area contributed by atoms with Gasteiger partial charge in [0.25, 0.3) is 0 Å². The maximum absolute atomic E-state index is 12.5. The predicted molar refractivity (Wildman–Crippen MR) is 117 cm³/mol. The number of nitrogens with one attached hydrogen (secondary N) is 2. The summed E-state index contributed by atoms with van der Waals surface area (Å²) in [5.41, 5.74) is 4.51. The van der Waals surface area contributed by atoms with Crippen LogP contribution in [-0.2, 0) is 14.3 Å². The lowest BCUT2D eigenvalue weighted by Gasteiger charge is -2.21. The van der Waals surface area contributed by atoms with Gasteiger partial charge in [0.1, 0.15) is 12.6 Å². The average Bonchev–Trinajstić information content (AvgIpc) is 3.09. The van der Waals surface area contributed by atoms with Gasteiger partial charge in [-0.3, -0.25) is 9.59 Å². The fourth-order valence-electron chi connectivity index (χ4n) is 3.95. The molecule has 3 N–H and O–H groups in total. The summed E-state index contributed by atoms with van der Waals surface area (Å²) < 4.78 is 5.49. The van der Waals surface area contributed by atoms with Crippen LogP contribution < -0.4 is 10.6 Å². The van der Waals surface area contributed by atoms with E-state index >= 15 is 0 Å². The highest BCUT2D eigenvalue weighted by molar-refractivity contribution is 5.86. The molecule has 0 radical (unpaired) electrons. The molecule has 0 aromatic heterocycles. The van der Waals surface area contributed by atoms with Gasteiger partial charge in [-0.05, 0) is 35.1 Å². The highest BCUT2D eigenvalue weighted by Gasteiger charge is 2.29. The van der Waals surface area contributed by atoms with Crippen molar-refractivity contribution in [1.29, 1.82) is 0 Å². The molecule has 2 aromatic carbocycles. The van der Waals surface area contributed by atoms with Crippen LogP contribution in [0.15, 0.2) is 48.5 Å². The van der Waals surface area contributed by atoms with E-state index in [-0.39, 0.29) is 18.9 Å². The molecule has 3 rings (SSSR count). The molecule has 7 nitrogen and oxygen atoms in total. The normalized spacial score (nSPS) is 14.1. The number of carbonyl (C=O) groups excluding carboxylic acids is 2. The van der Waals surface area contributed by atoms with E-state index in [1.807, 2.05) is 36.4 Å². The second-order valence-corrected chi connectivity index (χ2v) is 7.64. The van der Waals surface area contributed by atoms with E-state index in [0.717, 1.165) is 22.3 Å². The van der Waals surface area contributed by atoms with E-state index < -0.39 is 30.1 Å². The first-order chi connectivity index (χ1) is 14.9. The third kappa shape index (κ3) is 5.23. The molecule has 2 atom stereocenters. The van der Waals surface area contributed by atoms with Crippen LogP contribution >= 0.6 is 0 Å². The number of carbonyl (C=O) groups is 3. The Kier molecular flexibility index (Phi) is 7.28. The molecule has 2 amide bonds. The summed E-state index contributed by atoms with van der Waals surface area (Å²) in [6, 6.07) is 14.8. The topological polar surface area (TPSA) is 105 Å². The zero-order valence-corrected chi connectivity index (χ0v) is 17.8. The molecule has 0 aliphatic heterocycles. The molecule has 1 aliphatic rings. The van der Waals surface area contributed by atoms with Crippen molar-refractivity contribution >= 4 is 18.0 Å². The maximum Gasteiger partial charge on any atom is 0.407 e. The van der Waals surface area contributed by atoms with Crippen molar-refractivity contribution in [3.63, 3.8) is 0 Å². The maximum atomic E-state index is 12.5. The third-order valence-electron chi connectivity index (χ3n) is 5.62. The van der Waals surface area contributed by atoms with Crippen molar-refractivity contribution in [3.8, 4) is 11.1 Å². The first-order valence-electron chi connectivity index (χ1n) is 10.6. The fraction of sp³-hybridized carbons (Fsp3) is 0.375. The van der Waals surface area contributed by atoms with Gasteiger partial charge in [0.05, 0.1) is 6.42 Å². The summed E-state index contributed by atoms with van der Waals surface area (Å²) in [5.74, 6) is -1.46. The van der Waals surface area contributed by atoms with E-state index in [4.69, 9.17) is 9.84 Å². The predicted octanol–water partition coefficient (Wildman–Crippen LogP) is 3.67. The Morgan fingerprint density at radius 2 is 1.52 bits per heavy atom. The van der Waals surface area contributed by atoms with Crippen LogP contribution in [0, 0.1) is 0 Å². The van der Waals surface area contributed by atoms with Gasteiger partial charge in [-0.15, -0.1) is 0 Å². The molecule has 1 unspecified atom stereocenters. The molecule has 164 valence electrons. The van der Waals surface area contributed by atoms with Crippen LogP contribution in [0.2, 0.25) is 0 Å². The van der Waals surface area contributed by atoms with Crippen molar-refractivity contribution in [2.24, 2.45) is 0 Å². The summed E-state index contributed by atoms with van der Waals surface area (Å²) in [7, 11) is 0. The zero-order chi connectivity index (χ0) is 22.4. The minimum atomic E-state index is -0.982. The Hall–Kier alpha value is -3.35. The number of aliphatic carboxylic acids is 1. The minimum absolute atomic E-state index is 0.0629. The summed E-state index contributed by atoms with van der Waals surface area (Å²) in [4.78, 5) is 35.8. The lowest BCUT2D eigenvalue weighted by Crippen LogP contribution is -2.49. The standard InChI is InChI=1S/C24H28N2O5/c1-3-15(13-22(27)28)25-23(29)21(4-2)26-24(30)31-14-20-18-11-7-5-9-16(18)17-10-6-8-12-19(17)20/h5-12,15,20-21H,3-4,13-14H2,1-2H3,(H,25,29)(H,26,30)(H,27,28)/t15-,21?/m1/s1. The zero-order valence-electron chi connectivity index (χ0n) is 17.8. The van der Waals surface area contributed by atoms with Crippen LogP contribution in [0.4, 0.5) is 4.79 Å². The Balaban J connectivity index is 1.60. The number of carboxylic acid groups (broad SMARTS) is 1. The first kappa shape index (κ1) is 22.3. The first-order valence-corrected chi connectivity index (χ1v) is 10.6. The third-order valence-corrected chi connectivity index (χ3v) is 5.62. The molecule has 0 heterocycles. The van der Waals surface area contributed by atoms with Crippen molar-refractivity contribution in [3.05, 3.63) is 59.7 Å². The molecule has 1 aliphatic carbocycles. The number of fused-ring (bicyclic) bond motifs is 3. The van der Waals surface area contributed by atoms with Gasteiger partial charge in [0.2, 0.25) is 5.91 Å². The highest BCUT2D eigenvalue weighted by Crippen LogP contribution is 2.44. The molecule has 31 heavy (non-hydrogen) atoms. The van der Waals surface area contributed by atoms with Crippen molar-refractivity contribution in [2.75, 3.05) is 6.61 Å². The van der Waals surface area contributed by atoms with E-state index in [0.29, 0.717) is 12.8 Å². The van der Waals surface area contributed by atoms with E-state index in [2.05, 4.69) is 22.8 Å². The number of ether oxygens (including phenoxy) is 1. The molecular formula is C24H28N2O5. The van der Waals surface area contributed by atoms with Gasteiger partial charge in [0.15, 0.2) is 0 Å². The van der Waals surface area contributed by atoms with Gasteiger partial charge in [-0.25, -0.2) is 4.79 Å². The Labute approximate surface area is 181 Å². The van der Waals surface area contributed by atoms with Crippen molar-refractivity contribution in [2.45, 2.75) is 51.1 Å². The van der Waals surface area contributed by atoms with E-state index in [9.17, 15) is 14.4 Å². The Bertz CT molecular complexity index is 913. The lowest BCUT2D eigenvalue weighted by molar-refractivity contribution is -0.137. The fourth-order valence-corrected chi connectivity index (χ4v) is 3.95. The Morgan fingerprint density at radius 1 is 0.935 bits per heavy atom. The molecule has 7 heteroatoms. The lowest BCUT2D eigenvalue weighted by atomic mass is 9.98. The van der Waals surface area contributed by atoms with Gasteiger partial charge in [-0.1, -0.05) is 62.4 Å². The van der Waals surface area contributed by atoms with Gasteiger partial charge in [-0.2, -0.15) is 0 Å². The number of benzene rings is 2. The second kappa shape index (κ2) is 10.1. The van der Waals surface area contributed by atoms with Crippen LogP contribution in [-0.4, -0.2) is 41.8 Å². The van der Waals surface area contributed by atoms with Crippen LogP contribution in [0.25, 0.3) is 11.1 Å². The quantitative estimate of drug-likeness (QED) is 0.570. The number of hydrogen-bond acceptors (Lipinski definition) is 4. The summed E-state index contributed by atoms with van der Waals surface area (Å²) in [5, 5.41) is 14.2. The van der Waals surface area contributed by atoms with Crippen molar-refractivity contribution in [1.82, 2.24) is 10.6 Å². The van der Waals surface area contributed by atoms with Crippen LogP contribution in [0.5, 0.6) is 0 Å². The smallest absolute Gasteiger partial charge is 0.407 e. The van der Waals surface area contributed by atoms with Gasteiger partial charge >= 0.3 is 12.1 Å². The minimum Gasteiger partial charge on any atom is -0.481 e. The highest BCUT2D eigenvalue weighted by atomic mass is 16.5. The number of carboxylic acids is 1. The number of hydrogen-bond donors (Lipinski definition) is 3. The largest absolute Gasteiger partial charge is 0.481 e. The SMILES string of the molecule is CCC(NC(=O)OCC1c2ccccc2-c2ccccc21)C(=O)N[C@H](CC)CC(=O)O. The molecule has 0 saturated heterocycles. The molecule has 0 saturated carbocycles. The molecule has 2 aromatic rings. The molecule has 0 fully saturated rings. The second-order valence-electron chi connectivity index (χ2n) is 7.64. The molecule has 0 spiro atoms. The summed E-state index contributed by atoms with van der Waals surface area (Å²) in [6.07, 6.45) is 0.0119. The number of rotatable bonds is 9. The van der Waals surface area contributed by atoms with Crippen LogP contribution in [0.3, 0.4) is 0 Å². The van der Waals surface area contributed by atoms with Gasteiger partial charge in [0, 0.05) is 12.0 Å². The number of amides is 2. The van der Waals surface area contributed by atoms with Gasteiger partial charge < -0.3 is 20.5 Å². The number of alkyl carbamates (subject to hydrolysis) is 1. The summed E-state index contributed by atoms with van der Waals surface area (Å²) >= 11 is 0.